The zero-order valence-corrected chi connectivity index (χ0v) is 17.9. The standard InChI is InChI=1S/C22H25N5O4/c1-12-9-13(2)27-19(23-12)11-16(26-27)22(29)24-15-6-8-20(28)25-21(15)14-5-7-17(30-3)18(10-14)31-4/h5,7,9-11,15,21H,6,8H2,1-4H3,(H,24,29)(H,25,28). The van der Waals surface area contributed by atoms with Crippen LogP contribution in [0.15, 0.2) is 30.3 Å². The molecule has 9 heteroatoms. The Labute approximate surface area is 179 Å². The lowest BCUT2D eigenvalue weighted by Gasteiger charge is -2.33. The molecule has 4 rings (SSSR count). The van der Waals surface area contributed by atoms with E-state index in [9.17, 15) is 9.59 Å². The highest BCUT2D eigenvalue weighted by molar-refractivity contribution is 5.93. The van der Waals surface area contributed by atoms with Gasteiger partial charge in [-0.2, -0.15) is 5.10 Å². The van der Waals surface area contributed by atoms with Crippen LogP contribution in [0, 0.1) is 13.8 Å². The van der Waals surface area contributed by atoms with Crippen LogP contribution in [0.1, 0.15) is 46.3 Å². The molecule has 31 heavy (non-hydrogen) atoms. The molecule has 1 aromatic carbocycles. The van der Waals surface area contributed by atoms with Crippen LogP contribution < -0.4 is 20.1 Å². The molecule has 162 valence electrons. The van der Waals surface area contributed by atoms with Gasteiger partial charge in [-0.05, 0) is 44.0 Å². The molecule has 9 nitrogen and oxygen atoms in total. The van der Waals surface area contributed by atoms with Crippen LogP contribution >= 0.6 is 0 Å². The Bertz CT molecular complexity index is 1160. The molecule has 1 aliphatic rings. The van der Waals surface area contributed by atoms with Gasteiger partial charge in [0.25, 0.3) is 5.91 Å². The summed E-state index contributed by atoms with van der Waals surface area (Å²) in [4.78, 5) is 29.5. The number of aromatic nitrogens is 3. The second-order valence-corrected chi connectivity index (χ2v) is 7.62. The molecule has 3 heterocycles. The van der Waals surface area contributed by atoms with Gasteiger partial charge in [0, 0.05) is 23.9 Å². The van der Waals surface area contributed by atoms with E-state index in [1.165, 1.54) is 0 Å². The first-order valence-electron chi connectivity index (χ1n) is 10.1. The molecule has 0 bridgehead atoms. The summed E-state index contributed by atoms with van der Waals surface area (Å²) in [6, 6.07) is 8.33. The quantitative estimate of drug-likeness (QED) is 0.651. The van der Waals surface area contributed by atoms with Gasteiger partial charge in [-0.15, -0.1) is 0 Å². The molecule has 2 unspecified atom stereocenters. The zero-order chi connectivity index (χ0) is 22.1. The minimum absolute atomic E-state index is 0.0617. The van der Waals surface area contributed by atoms with Gasteiger partial charge in [0.15, 0.2) is 22.8 Å². The molecule has 0 radical (unpaired) electrons. The number of fused-ring (bicyclic) bond motifs is 1. The molecule has 0 aliphatic carbocycles. The van der Waals surface area contributed by atoms with Crippen LogP contribution in [-0.2, 0) is 4.79 Å². The second-order valence-electron chi connectivity index (χ2n) is 7.62. The van der Waals surface area contributed by atoms with Gasteiger partial charge in [0.2, 0.25) is 5.91 Å². The Kier molecular flexibility index (Phi) is 5.50. The van der Waals surface area contributed by atoms with Gasteiger partial charge in [0.05, 0.1) is 26.3 Å². The van der Waals surface area contributed by atoms with Crippen LogP contribution in [0.2, 0.25) is 0 Å². The first-order valence-corrected chi connectivity index (χ1v) is 10.1. The second kappa shape index (κ2) is 8.25. The lowest BCUT2D eigenvalue weighted by atomic mass is 9.91. The molecule has 1 saturated heterocycles. The first-order chi connectivity index (χ1) is 14.9. The van der Waals surface area contributed by atoms with Crippen molar-refractivity contribution in [3.8, 4) is 11.5 Å². The average Bonchev–Trinajstić information content (AvgIpc) is 3.19. The number of rotatable bonds is 5. The van der Waals surface area contributed by atoms with E-state index >= 15 is 0 Å². The van der Waals surface area contributed by atoms with Gasteiger partial charge in [-0.1, -0.05) is 6.07 Å². The molecule has 2 atom stereocenters. The molecule has 1 aliphatic heterocycles. The Balaban J connectivity index is 1.61. The van der Waals surface area contributed by atoms with Crippen molar-refractivity contribution >= 4 is 17.5 Å². The van der Waals surface area contributed by atoms with Crippen LogP contribution in [0.25, 0.3) is 5.65 Å². The Hall–Kier alpha value is -3.62. The molecular weight excluding hydrogens is 398 g/mol. The summed E-state index contributed by atoms with van der Waals surface area (Å²) in [5.41, 5.74) is 3.48. The third-order valence-corrected chi connectivity index (χ3v) is 5.45. The molecule has 2 N–H and O–H groups in total. The largest absolute Gasteiger partial charge is 0.493 e. The highest BCUT2D eigenvalue weighted by Crippen LogP contribution is 2.33. The smallest absolute Gasteiger partial charge is 0.272 e. The fourth-order valence-electron chi connectivity index (χ4n) is 3.96. The first kappa shape index (κ1) is 20.6. The van der Waals surface area contributed by atoms with Crippen molar-refractivity contribution in [3.63, 3.8) is 0 Å². The van der Waals surface area contributed by atoms with Crippen molar-refractivity contribution in [2.75, 3.05) is 14.2 Å². The molecular formula is C22H25N5O4. The summed E-state index contributed by atoms with van der Waals surface area (Å²) < 4.78 is 12.3. The van der Waals surface area contributed by atoms with Crippen LogP contribution in [0.5, 0.6) is 11.5 Å². The van der Waals surface area contributed by atoms with E-state index in [1.807, 2.05) is 32.0 Å². The van der Waals surface area contributed by atoms with Crippen molar-refractivity contribution in [2.45, 2.75) is 38.8 Å². The monoisotopic (exact) mass is 423 g/mol. The highest BCUT2D eigenvalue weighted by atomic mass is 16.5. The number of carbonyl (C=O) groups is 2. The van der Waals surface area contributed by atoms with E-state index in [-0.39, 0.29) is 23.6 Å². The number of aryl methyl sites for hydroxylation is 2. The molecule has 2 amide bonds. The van der Waals surface area contributed by atoms with Crippen LogP contribution in [0.4, 0.5) is 0 Å². The van der Waals surface area contributed by atoms with Gasteiger partial charge < -0.3 is 20.1 Å². The van der Waals surface area contributed by atoms with Crippen LogP contribution in [-0.4, -0.2) is 46.7 Å². The van der Waals surface area contributed by atoms with Crippen molar-refractivity contribution in [3.05, 3.63) is 53.0 Å². The summed E-state index contributed by atoms with van der Waals surface area (Å²) in [5.74, 6) is 0.779. The van der Waals surface area contributed by atoms with Gasteiger partial charge in [-0.3, -0.25) is 9.59 Å². The minimum Gasteiger partial charge on any atom is -0.493 e. The summed E-state index contributed by atoms with van der Waals surface area (Å²) in [5, 5.41) is 10.4. The van der Waals surface area contributed by atoms with E-state index in [0.29, 0.717) is 30.0 Å². The number of benzene rings is 1. The number of piperidine rings is 1. The van der Waals surface area contributed by atoms with Gasteiger partial charge in [-0.25, -0.2) is 9.50 Å². The molecule has 3 aromatic rings. The Morgan fingerprint density at radius 2 is 1.94 bits per heavy atom. The highest BCUT2D eigenvalue weighted by Gasteiger charge is 2.32. The summed E-state index contributed by atoms with van der Waals surface area (Å²) in [7, 11) is 3.12. The molecule has 1 fully saturated rings. The number of nitrogens with one attached hydrogen (secondary N) is 2. The van der Waals surface area contributed by atoms with Crippen molar-refractivity contribution in [1.82, 2.24) is 25.2 Å². The van der Waals surface area contributed by atoms with Crippen molar-refractivity contribution < 1.29 is 19.1 Å². The van der Waals surface area contributed by atoms with Crippen LogP contribution in [0.3, 0.4) is 0 Å². The van der Waals surface area contributed by atoms with E-state index < -0.39 is 6.04 Å². The molecule has 0 saturated carbocycles. The zero-order valence-electron chi connectivity index (χ0n) is 17.9. The summed E-state index contributed by atoms with van der Waals surface area (Å²) in [6.45, 7) is 3.82. The third-order valence-electron chi connectivity index (χ3n) is 5.45. The van der Waals surface area contributed by atoms with E-state index in [1.54, 1.807) is 30.9 Å². The predicted molar refractivity (Wildman–Crippen MR) is 113 cm³/mol. The maximum absolute atomic E-state index is 13.0. The number of amides is 2. The normalized spacial score (nSPS) is 18.5. The van der Waals surface area contributed by atoms with E-state index in [2.05, 4.69) is 20.7 Å². The van der Waals surface area contributed by atoms with E-state index in [0.717, 1.165) is 17.0 Å². The maximum Gasteiger partial charge on any atom is 0.272 e. The van der Waals surface area contributed by atoms with E-state index in [4.69, 9.17) is 9.47 Å². The molecule has 2 aromatic heterocycles. The molecule has 0 spiro atoms. The van der Waals surface area contributed by atoms with Gasteiger partial charge in [0.1, 0.15) is 0 Å². The maximum atomic E-state index is 13.0. The Morgan fingerprint density at radius 1 is 1.16 bits per heavy atom. The van der Waals surface area contributed by atoms with Gasteiger partial charge >= 0.3 is 0 Å². The third kappa shape index (κ3) is 4.03. The number of nitrogens with zero attached hydrogens (tertiary/aromatic N) is 3. The minimum atomic E-state index is -0.399. The number of ether oxygens (including phenoxy) is 2. The fourth-order valence-corrected chi connectivity index (χ4v) is 3.96. The van der Waals surface area contributed by atoms with Crippen molar-refractivity contribution in [2.24, 2.45) is 0 Å². The number of hydrogen-bond acceptors (Lipinski definition) is 6. The SMILES string of the molecule is COc1ccc(C2NC(=O)CCC2NC(=O)c2cc3nc(C)cc(C)n3n2)cc1OC. The topological polar surface area (TPSA) is 107 Å². The number of hydrogen-bond donors (Lipinski definition) is 2. The summed E-state index contributed by atoms with van der Waals surface area (Å²) in [6.07, 6.45) is 0.847. The lowest BCUT2D eigenvalue weighted by molar-refractivity contribution is -0.123. The summed E-state index contributed by atoms with van der Waals surface area (Å²) >= 11 is 0. The Morgan fingerprint density at radius 3 is 2.68 bits per heavy atom. The number of carbonyl (C=O) groups excluding carboxylic acids is 2. The average molecular weight is 423 g/mol. The lowest BCUT2D eigenvalue weighted by Crippen LogP contribution is -2.50. The van der Waals surface area contributed by atoms with Crippen molar-refractivity contribution in [1.29, 1.82) is 0 Å². The number of methoxy groups -OCH3 is 2. The fraction of sp³-hybridized carbons (Fsp3) is 0.364. The predicted octanol–water partition coefficient (Wildman–Crippen LogP) is 2.11.